The van der Waals surface area contributed by atoms with Crippen molar-refractivity contribution < 1.29 is 4.79 Å². The second-order valence-electron chi connectivity index (χ2n) is 6.73. The van der Waals surface area contributed by atoms with E-state index in [-0.39, 0.29) is 24.4 Å². The van der Waals surface area contributed by atoms with Crippen LogP contribution in [0.3, 0.4) is 0 Å². The molecule has 1 amide bonds. The van der Waals surface area contributed by atoms with Crippen LogP contribution in [0.2, 0.25) is 10.0 Å². The Morgan fingerprint density at radius 1 is 1.35 bits per heavy atom. The molecule has 136 valence electrons. The van der Waals surface area contributed by atoms with Crippen LogP contribution >= 0.6 is 23.2 Å². The van der Waals surface area contributed by atoms with Gasteiger partial charge in [0.25, 0.3) is 0 Å². The van der Waals surface area contributed by atoms with Gasteiger partial charge in [0.15, 0.2) is 0 Å². The normalized spacial score (nSPS) is 21.5. The number of piperidine rings is 1. The quantitative estimate of drug-likeness (QED) is 0.850. The highest BCUT2D eigenvalue weighted by molar-refractivity contribution is 6.44. The monoisotopic (exact) mass is 391 g/mol. The standard InChI is InChI=1S/C18H19Cl2N5O/c1-24-14-2-3-25(15(26)5-21)8-12(14)16-11(10-6-22-9-23-7-10)4-13(19)17(20)18(16)24/h4,6-7,9,12,14H,2-3,5,8,21H2,1H3. The summed E-state index contributed by atoms with van der Waals surface area (Å²) in [7, 11) is 2.04. The molecule has 2 aliphatic heterocycles. The maximum atomic E-state index is 12.1. The van der Waals surface area contributed by atoms with Crippen LogP contribution in [0.1, 0.15) is 17.9 Å². The summed E-state index contributed by atoms with van der Waals surface area (Å²) < 4.78 is 0. The van der Waals surface area contributed by atoms with E-state index in [1.807, 2.05) is 18.0 Å². The third-order valence-corrected chi connectivity index (χ3v) is 6.21. The number of nitrogens with two attached hydrogens (primary N) is 1. The molecule has 0 saturated carbocycles. The van der Waals surface area contributed by atoms with E-state index in [0.29, 0.717) is 23.1 Å². The fourth-order valence-corrected chi connectivity index (χ4v) is 4.72. The number of amides is 1. The summed E-state index contributed by atoms with van der Waals surface area (Å²) in [5, 5.41) is 1.06. The van der Waals surface area contributed by atoms with Crippen LogP contribution in [-0.4, -0.2) is 53.5 Å². The van der Waals surface area contributed by atoms with Crippen molar-refractivity contribution in [3.63, 3.8) is 0 Å². The Labute approximate surface area is 161 Å². The summed E-state index contributed by atoms with van der Waals surface area (Å²) >= 11 is 13.0. The maximum Gasteiger partial charge on any atom is 0.236 e. The second kappa shape index (κ2) is 6.68. The fourth-order valence-electron chi connectivity index (χ4n) is 4.23. The van der Waals surface area contributed by atoms with Gasteiger partial charge in [-0.1, -0.05) is 23.2 Å². The predicted octanol–water partition coefficient (Wildman–Crippen LogP) is 2.54. The SMILES string of the molecule is CN1c2c(Cl)c(Cl)cc(-c3cncnc3)c2C2CN(C(=O)CN)CCC21. The molecule has 2 aliphatic rings. The van der Waals surface area contributed by atoms with Crippen molar-refractivity contribution in [2.45, 2.75) is 18.4 Å². The number of likely N-dealkylation sites (N-methyl/N-ethyl adjacent to an activating group) is 1. The van der Waals surface area contributed by atoms with Crippen LogP contribution in [0.15, 0.2) is 24.8 Å². The first kappa shape index (κ1) is 17.5. The van der Waals surface area contributed by atoms with Crippen molar-refractivity contribution >= 4 is 34.8 Å². The lowest BCUT2D eigenvalue weighted by atomic mass is 9.85. The van der Waals surface area contributed by atoms with Gasteiger partial charge in [-0.05, 0) is 23.6 Å². The zero-order valence-electron chi connectivity index (χ0n) is 14.3. The molecule has 26 heavy (non-hydrogen) atoms. The number of likely N-dealkylation sites (tertiary alicyclic amines) is 1. The average molecular weight is 392 g/mol. The van der Waals surface area contributed by atoms with Crippen molar-refractivity contribution in [3.05, 3.63) is 40.4 Å². The van der Waals surface area contributed by atoms with E-state index >= 15 is 0 Å². The summed E-state index contributed by atoms with van der Waals surface area (Å²) in [5.41, 5.74) is 9.47. The van der Waals surface area contributed by atoms with E-state index in [1.54, 1.807) is 12.4 Å². The Balaban J connectivity index is 1.87. The molecule has 4 rings (SSSR count). The number of nitrogens with zero attached hydrogens (tertiary/aromatic N) is 4. The largest absolute Gasteiger partial charge is 0.369 e. The number of hydrogen-bond donors (Lipinski definition) is 1. The Bertz CT molecular complexity index is 860. The highest BCUT2D eigenvalue weighted by Gasteiger charge is 2.44. The molecule has 8 heteroatoms. The van der Waals surface area contributed by atoms with Gasteiger partial charge in [0.1, 0.15) is 6.33 Å². The molecule has 6 nitrogen and oxygen atoms in total. The van der Waals surface area contributed by atoms with E-state index < -0.39 is 0 Å². The number of aromatic nitrogens is 2. The van der Waals surface area contributed by atoms with Gasteiger partial charge >= 0.3 is 0 Å². The Morgan fingerprint density at radius 3 is 2.77 bits per heavy atom. The third kappa shape index (κ3) is 2.64. The van der Waals surface area contributed by atoms with Crippen molar-refractivity contribution in [2.24, 2.45) is 5.73 Å². The lowest BCUT2D eigenvalue weighted by Crippen LogP contribution is -2.48. The Hall–Kier alpha value is -1.89. The lowest BCUT2D eigenvalue weighted by molar-refractivity contribution is -0.130. The average Bonchev–Trinajstić information content (AvgIpc) is 2.97. The first-order valence-electron chi connectivity index (χ1n) is 8.50. The molecule has 2 N–H and O–H groups in total. The van der Waals surface area contributed by atoms with Crippen LogP contribution in [0.5, 0.6) is 0 Å². The Morgan fingerprint density at radius 2 is 2.08 bits per heavy atom. The van der Waals surface area contributed by atoms with E-state index in [1.165, 1.54) is 6.33 Å². The van der Waals surface area contributed by atoms with Gasteiger partial charge in [-0.2, -0.15) is 0 Å². The van der Waals surface area contributed by atoms with Crippen molar-refractivity contribution in [3.8, 4) is 11.1 Å². The minimum atomic E-state index is -0.0239. The maximum absolute atomic E-state index is 12.1. The summed E-state index contributed by atoms with van der Waals surface area (Å²) in [6.07, 6.45) is 5.90. The molecule has 0 aliphatic carbocycles. The molecule has 0 radical (unpaired) electrons. The van der Waals surface area contributed by atoms with Gasteiger partial charge in [-0.15, -0.1) is 0 Å². The number of hydrogen-bond acceptors (Lipinski definition) is 5. The van der Waals surface area contributed by atoms with E-state index in [0.717, 1.165) is 28.8 Å². The second-order valence-corrected chi connectivity index (χ2v) is 7.51. The minimum Gasteiger partial charge on any atom is -0.369 e. The molecule has 3 heterocycles. The van der Waals surface area contributed by atoms with Gasteiger partial charge in [-0.3, -0.25) is 4.79 Å². The van der Waals surface area contributed by atoms with Gasteiger partial charge in [0, 0.05) is 50.1 Å². The van der Waals surface area contributed by atoms with Crippen LogP contribution in [0.4, 0.5) is 5.69 Å². The number of carbonyl (C=O) groups is 1. The first-order valence-corrected chi connectivity index (χ1v) is 9.26. The highest BCUT2D eigenvalue weighted by Crippen LogP contribution is 2.53. The van der Waals surface area contributed by atoms with Gasteiger partial charge in [0.05, 0.1) is 22.3 Å². The van der Waals surface area contributed by atoms with Crippen LogP contribution in [-0.2, 0) is 4.79 Å². The fraction of sp³-hybridized carbons (Fsp3) is 0.389. The number of rotatable bonds is 2. The minimum absolute atomic E-state index is 0.0239. The molecule has 1 aromatic heterocycles. The zero-order valence-corrected chi connectivity index (χ0v) is 15.8. The van der Waals surface area contributed by atoms with Crippen molar-refractivity contribution in [2.75, 3.05) is 31.6 Å². The van der Waals surface area contributed by atoms with Crippen molar-refractivity contribution in [1.82, 2.24) is 14.9 Å². The number of anilines is 1. The summed E-state index contributed by atoms with van der Waals surface area (Å²) in [5.74, 6) is 0.119. The van der Waals surface area contributed by atoms with Gasteiger partial charge in [-0.25, -0.2) is 9.97 Å². The van der Waals surface area contributed by atoms with Crippen LogP contribution in [0.25, 0.3) is 11.1 Å². The van der Waals surface area contributed by atoms with E-state index in [9.17, 15) is 4.79 Å². The summed E-state index contributed by atoms with van der Waals surface area (Å²) in [4.78, 5) is 24.5. The molecule has 2 aromatic rings. The summed E-state index contributed by atoms with van der Waals surface area (Å²) in [6, 6.07) is 2.15. The molecule has 1 saturated heterocycles. The van der Waals surface area contributed by atoms with Crippen LogP contribution < -0.4 is 10.6 Å². The molecule has 1 fully saturated rings. The molecule has 2 atom stereocenters. The lowest BCUT2D eigenvalue weighted by Gasteiger charge is -2.37. The topological polar surface area (TPSA) is 75.4 Å². The number of fused-ring (bicyclic) bond motifs is 3. The van der Waals surface area contributed by atoms with Crippen molar-refractivity contribution in [1.29, 1.82) is 0 Å². The zero-order chi connectivity index (χ0) is 18.4. The summed E-state index contributed by atoms with van der Waals surface area (Å²) in [6.45, 7) is 1.35. The molecule has 2 unspecified atom stereocenters. The highest BCUT2D eigenvalue weighted by atomic mass is 35.5. The van der Waals surface area contributed by atoms with E-state index in [4.69, 9.17) is 28.9 Å². The van der Waals surface area contributed by atoms with Gasteiger partial charge in [0.2, 0.25) is 5.91 Å². The Kier molecular flexibility index (Phi) is 4.50. The van der Waals surface area contributed by atoms with Gasteiger partial charge < -0.3 is 15.5 Å². The van der Waals surface area contributed by atoms with Crippen LogP contribution in [0, 0.1) is 0 Å². The molecule has 0 bridgehead atoms. The molecular formula is C18H19Cl2N5O. The third-order valence-electron chi connectivity index (χ3n) is 5.43. The number of benzene rings is 1. The predicted molar refractivity (Wildman–Crippen MR) is 103 cm³/mol. The molecule has 0 spiro atoms. The number of carbonyl (C=O) groups excluding carboxylic acids is 1. The smallest absolute Gasteiger partial charge is 0.236 e. The number of halogens is 2. The molecular weight excluding hydrogens is 373 g/mol. The molecule has 1 aromatic carbocycles. The first-order chi connectivity index (χ1) is 12.5. The van der Waals surface area contributed by atoms with E-state index in [2.05, 4.69) is 14.9 Å².